The summed E-state index contributed by atoms with van der Waals surface area (Å²) in [4.78, 5) is 20.0. The highest BCUT2D eigenvalue weighted by atomic mass is 32.2. The number of nitriles is 1. The summed E-state index contributed by atoms with van der Waals surface area (Å²) in [7, 11) is -3.71. The minimum atomic E-state index is -3.71. The predicted octanol–water partition coefficient (Wildman–Crippen LogP) is 3.53. The highest BCUT2D eigenvalue weighted by Crippen LogP contribution is 2.39. The monoisotopic (exact) mass is 526 g/mol. The van der Waals surface area contributed by atoms with E-state index in [1.165, 1.54) is 0 Å². The number of piperidine rings is 1. The highest BCUT2D eigenvalue weighted by molar-refractivity contribution is 7.92. The largest absolute Gasteiger partial charge is 0.395 e. The zero-order chi connectivity index (χ0) is 26.5. The Morgan fingerprint density at radius 1 is 1.16 bits per heavy atom. The summed E-state index contributed by atoms with van der Waals surface area (Å²) in [5.41, 5.74) is 2.00. The molecule has 1 aromatic heterocycles. The molecule has 3 aliphatic rings. The molecule has 4 heterocycles. The van der Waals surface area contributed by atoms with E-state index in [1.807, 2.05) is 0 Å². The molecule has 0 aliphatic carbocycles. The summed E-state index contributed by atoms with van der Waals surface area (Å²) in [5, 5.41) is 24.6. The Morgan fingerprint density at radius 3 is 2.68 bits per heavy atom. The van der Waals surface area contributed by atoms with E-state index in [1.54, 1.807) is 30.3 Å². The Kier molecular flexibility index (Phi) is 8.19. The van der Waals surface area contributed by atoms with Crippen molar-refractivity contribution in [1.29, 1.82) is 5.26 Å². The van der Waals surface area contributed by atoms with Crippen molar-refractivity contribution in [3.8, 4) is 6.07 Å². The summed E-state index contributed by atoms with van der Waals surface area (Å²) in [6.07, 6.45) is 6.22. The van der Waals surface area contributed by atoms with Gasteiger partial charge in [0.05, 0.1) is 34.9 Å². The molecule has 5 rings (SSSR count). The van der Waals surface area contributed by atoms with Gasteiger partial charge in [-0.05, 0) is 61.4 Å². The number of rotatable bonds is 4. The number of carbonyl (C=O) groups excluding carboxylic acids is 1. The molecule has 11 heteroatoms. The number of fused-ring (bicyclic) bond motifs is 8. The van der Waals surface area contributed by atoms with Crippen LogP contribution in [0.1, 0.15) is 61.4 Å². The molecular weight excluding hydrogens is 492 g/mol. The molecule has 4 N–H and O–H groups in total. The summed E-state index contributed by atoms with van der Waals surface area (Å²) < 4.78 is 27.0. The topological polar surface area (TPSA) is 147 Å². The maximum Gasteiger partial charge on any atom is 0.258 e. The smallest absolute Gasteiger partial charge is 0.258 e. The van der Waals surface area contributed by atoms with Gasteiger partial charge in [0, 0.05) is 19.6 Å². The number of benzene rings is 1. The third-order valence-corrected chi connectivity index (χ3v) is 8.46. The molecule has 10 nitrogen and oxygen atoms in total. The average Bonchev–Trinajstić information content (AvgIpc) is 2.86. The standard InChI is InChI=1S/C26H34N6O4S/c1-26-9-3-2-4-12-28-24-19(18-27)5-8-23(29-24)30-25(34)21-7-6-20(31-37(35,36)16-15-33)17-22(21)32(13-10-26)14-11-26/h5-8,17,31,33H,2-4,9-16H2,1H3,(H2,28,29,30,34). The van der Waals surface area contributed by atoms with E-state index in [0.717, 1.165) is 51.6 Å². The summed E-state index contributed by atoms with van der Waals surface area (Å²) in [5.74, 6) is -0.0246. The van der Waals surface area contributed by atoms with Gasteiger partial charge in [-0.1, -0.05) is 19.8 Å². The highest BCUT2D eigenvalue weighted by Gasteiger charge is 2.31. The van der Waals surface area contributed by atoms with Crippen LogP contribution in [-0.2, 0) is 10.0 Å². The fourth-order valence-corrected chi connectivity index (χ4v) is 5.76. The lowest BCUT2D eigenvalue weighted by molar-refractivity contribution is 0.102. The molecule has 1 aromatic carbocycles. The van der Waals surface area contributed by atoms with Gasteiger partial charge in [-0.15, -0.1) is 0 Å². The quantitative estimate of drug-likeness (QED) is 0.473. The van der Waals surface area contributed by atoms with Crippen molar-refractivity contribution in [2.45, 2.75) is 45.4 Å². The lowest BCUT2D eigenvalue weighted by Crippen LogP contribution is -2.39. The van der Waals surface area contributed by atoms with Gasteiger partial charge in [0.15, 0.2) is 0 Å². The average molecular weight is 527 g/mol. The normalized spacial score (nSPS) is 18.1. The van der Waals surface area contributed by atoms with Crippen molar-refractivity contribution in [2.75, 3.05) is 52.2 Å². The van der Waals surface area contributed by atoms with Crippen LogP contribution in [0.5, 0.6) is 0 Å². The molecule has 1 saturated heterocycles. The Morgan fingerprint density at radius 2 is 1.95 bits per heavy atom. The van der Waals surface area contributed by atoms with E-state index >= 15 is 0 Å². The first-order valence-electron chi connectivity index (χ1n) is 12.7. The Hall–Kier alpha value is -3.36. The van der Waals surface area contributed by atoms with Gasteiger partial charge in [-0.25, -0.2) is 13.4 Å². The van der Waals surface area contributed by atoms with E-state index in [9.17, 15) is 18.5 Å². The number of nitrogens with zero attached hydrogens (tertiary/aromatic N) is 3. The first-order valence-corrected chi connectivity index (χ1v) is 14.3. The van der Waals surface area contributed by atoms with Crippen LogP contribution in [-0.4, -0.2) is 56.4 Å². The summed E-state index contributed by atoms with van der Waals surface area (Å²) in [6.45, 7) is 4.04. The number of amides is 1. The Bertz CT molecular complexity index is 1280. The van der Waals surface area contributed by atoms with Gasteiger partial charge in [0.1, 0.15) is 17.7 Å². The fraction of sp³-hybridized carbons (Fsp3) is 0.500. The van der Waals surface area contributed by atoms with Crippen LogP contribution in [0, 0.1) is 16.7 Å². The maximum absolute atomic E-state index is 13.4. The molecule has 2 aromatic rings. The van der Waals surface area contributed by atoms with Crippen molar-refractivity contribution in [3.63, 3.8) is 0 Å². The Labute approximate surface area is 218 Å². The molecule has 4 bridgehead atoms. The van der Waals surface area contributed by atoms with E-state index in [2.05, 4.69) is 38.2 Å². The second-order valence-electron chi connectivity index (χ2n) is 10.1. The summed E-state index contributed by atoms with van der Waals surface area (Å²) in [6, 6.07) is 10.2. The van der Waals surface area contributed by atoms with Gasteiger partial charge in [-0.2, -0.15) is 5.26 Å². The van der Waals surface area contributed by atoms with Crippen LogP contribution >= 0.6 is 0 Å². The number of aliphatic hydroxyl groups is 1. The van der Waals surface area contributed by atoms with E-state index < -0.39 is 22.4 Å². The number of carbonyl (C=O) groups is 1. The minimum absolute atomic E-state index is 0.211. The number of aliphatic hydroxyl groups excluding tert-OH is 1. The van der Waals surface area contributed by atoms with Gasteiger partial charge in [0.25, 0.3) is 5.91 Å². The second kappa shape index (κ2) is 11.4. The van der Waals surface area contributed by atoms with E-state index in [-0.39, 0.29) is 11.3 Å². The van der Waals surface area contributed by atoms with Crippen LogP contribution in [0.25, 0.3) is 0 Å². The third kappa shape index (κ3) is 6.70. The van der Waals surface area contributed by atoms with Gasteiger partial charge in [-0.3, -0.25) is 9.52 Å². The number of pyridine rings is 1. The van der Waals surface area contributed by atoms with Gasteiger partial charge < -0.3 is 20.6 Å². The molecular formula is C26H34N6O4S. The number of hydrogen-bond acceptors (Lipinski definition) is 8. The van der Waals surface area contributed by atoms with E-state index in [0.29, 0.717) is 40.7 Å². The van der Waals surface area contributed by atoms with Crippen molar-refractivity contribution in [1.82, 2.24) is 4.98 Å². The molecule has 0 spiro atoms. The van der Waals surface area contributed by atoms with Crippen molar-refractivity contribution in [2.24, 2.45) is 5.41 Å². The molecule has 3 aliphatic heterocycles. The number of aromatic nitrogens is 1. The Balaban J connectivity index is 1.70. The van der Waals surface area contributed by atoms with Gasteiger partial charge >= 0.3 is 0 Å². The number of sulfonamides is 1. The van der Waals surface area contributed by atoms with Crippen LogP contribution in [0.15, 0.2) is 30.3 Å². The molecule has 198 valence electrons. The van der Waals surface area contributed by atoms with Crippen molar-refractivity contribution >= 4 is 38.9 Å². The molecule has 1 fully saturated rings. The van der Waals surface area contributed by atoms with Crippen LogP contribution < -0.4 is 20.3 Å². The van der Waals surface area contributed by atoms with Gasteiger partial charge in [0.2, 0.25) is 10.0 Å². The molecule has 0 radical (unpaired) electrons. The summed E-state index contributed by atoms with van der Waals surface area (Å²) >= 11 is 0. The molecule has 0 saturated carbocycles. The van der Waals surface area contributed by atoms with Crippen molar-refractivity contribution < 1.29 is 18.3 Å². The molecule has 1 amide bonds. The first kappa shape index (κ1) is 26.7. The molecule has 0 unspecified atom stereocenters. The minimum Gasteiger partial charge on any atom is -0.395 e. The number of anilines is 4. The second-order valence-corrected chi connectivity index (χ2v) is 11.9. The zero-order valence-corrected chi connectivity index (χ0v) is 21.9. The lowest BCUT2D eigenvalue weighted by Gasteiger charge is -2.41. The third-order valence-electron chi connectivity index (χ3n) is 7.19. The van der Waals surface area contributed by atoms with Crippen molar-refractivity contribution in [3.05, 3.63) is 41.5 Å². The lowest BCUT2D eigenvalue weighted by atomic mass is 9.76. The van der Waals surface area contributed by atoms with E-state index in [4.69, 9.17) is 5.11 Å². The fourth-order valence-electron chi connectivity index (χ4n) is 4.93. The zero-order valence-electron chi connectivity index (χ0n) is 21.1. The van der Waals surface area contributed by atoms with Crippen LogP contribution in [0.3, 0.4) is 0 Å². The molecule has 37 heavy (non-hydrogen) atoms. The van der Waals surface area contributed by atoms with Crippen LogP contribution in [0.4, 0.5) is 23.0 Å². The molecule has 0 atom stereocenters. The predicted molar refractivity (Wildman–Crippen MR) is 144 cm³/mol. The maximum atomic E-state index is 13.4. The first-order chi connectivity index (χ1) is 17.7. The SMILES string of the molecule is CC12CCCCCNc3nc(ccc3C#N)NC(=O)c3ccc(NS(=O)(=O)CCO)cc3N(CC1)CC2. The van der Waals surface area contributed by atoms with Crippen LogP contribution in [0.2, 0.25) is 0 Å². The number of nitrogens with one attached hydrogen (secondary N) is 3. The number of hydrogen-bond donors (Lipinski definition) is 4.